The van der Waals surface area contributed by atoms with Gasteiger partial charge in [-0.1, -0.05) is 36.8 Å². The van der Waals surface area contributed by atoms with Gasteiger partial charge in [0, 0.05) is 19.4 Å². The highest BCUT2D eigenvalue weighted by Crippen LogP contribution is 2.28. The molecule has 138 valence electrons. The minimum Gasteiger partial charge on any atom is -0.370 e. The summed E-state index contributed by atoms with van der Waals surface area (Å²) in [5.41, 5.74) is 5.30. The maximum atomic E-state index is 11.2. The second kappa shape index (κ2) is 8.45. The second-order valence-electron chi connectivity index (χ2n) is 6.14. The lowest BCUT2D eigenvalue weighted by Gasteiger charge is -2.07. The third-order valence-corrected chi connectivity index (χ3v) is 5.28. The van der Waals surface area contributed by atoms with Crippen LogP contribution in [0.3, 0.4) is 0 Å². The lowest BCUT2D eigenvalue weighted by molar-refractivity contribution is -0.118. The van der Waals surface area contributed by atoms with Gasteiger partial charge < -0.3 is 14.8 Å². The zero-order valence-corrected chi connectivity index (χ0v) is 16.2. The number of thioether (sulfide) groups is 1. The van der Waals surface area contributed by atoms with E-state index in [0.717, 1.165) is 17.1 Å². The zero-order valence-electron chi connectivity index (χ0n) is 14.6. The maximum Gasteiger partial charge on any atom is 0.237 e. The van der Waals surface area contributed by atoms with Crippen molar-refractivity contribution in [1.29, 1.82) is 0 Å². The van der Waals surface area contributed by atoms with Crippen molar-refractivity contribution in [2.75, 3.05) is 0 Å². The van der Waals surface area contributed by atoms with Gasteiger partial charge in [-0.25, -0.2) is 0 Å². The Kier molecular flexibility index (Phi) is 6.04. The largest absolute Gasteiger partial charge is 0.370 e. The number of carbonyl (C=O) groups excluding carboxylic acids is 1. The average molecular weight is 393 g/mol. The smallest absolute Gasteiger partial charge is 0.237 e. The fourth-order valence-corrected chi connectivity index (χ4v) is 3.85. The summed E-state index contributed by atoms with van der Waals surface area (Å²) in [5, 5.41) is 15.2. The maximum absolute atomic E-state index is 11.2. The number of nitrogens with two attached hydrogens (primary N) is 1. The predicted octanol–water partition coefficient (Wildman–Crippen LogP) is 2.76. The summed E-state index contributed by atoms with van der Waals surface area (Å²) in [6, 6.07) is 3.93. The van der Waals surface area contributed by atoms with Gasteiger partial charge in [0.25, 0.3) is 0 Å². The summed E-state index contributed by atoms with van der Waals surface area (Å²) in [6.07, 6.45) is 1.01. The lowest BCUT2D eigenvalue weighted by atomic mass is 10.1. The van der Waals surface area contributed by atoms with Gasteiger partial charge in [0.1, 0.15) is 0 Å². The van der Waals surface area contributed by atoms with Gasteiger partial charge >= 0.3 is 0 Å². The molecular formula is C16H20N6O2S2. The number of nitrogens with zero attached hydrogens (tertiary/aromatic N) is 5. The van der Waals surface area contributed by atoms with Crippen LogP contribution in [-0.4, -0.2) is 30.8 Å². The summed E-state index contributed by atoms with van der Waals surface area (Å²) in [6.45, 7) is 4.65. The first kappa shape index (κ1) is 18.6. The van der Waals surface area contributed by atoms with Crippen molar-refractivity contribution in [2.24, 2.45) is 11.7 Å². The van der Waals surface area contributed by atoms with Gasteiger partial charge in [-0.05, 0) is 17.4 Å². The summed E-state index contributed by atoms with van der Waals surface area (Å²) < 4.78 is 7.20. The number of hydrogen-bond donors (Lipinski definition) is 1. The molecule has 26 heavy (non-hydrogen) atoms. The third-order valence-electron chi connectivity index (χ3n) is 3.47. The molecule has 0 aromatic carbocycles. The van der Waals surface area contributed by atoms with E-state index >= 15 is 0 Å². The Morgan fingerprint density at radius 1 is 1.42 bits per heavy atom. The number of rotatable bonds is 9. The molecule has 0 saturated heterocycles. The van der Waals surface area contributed by atoms with Crippen molar-refractivity contribution in [2.45, 2.75) is 44.1 Å². The molecule has 3 aromatic rings. The summed E-state index contributed by atoms with van der Waals surface area (Å²) in [4.78, 5) is 16.6. The molecule has 0 fully saturated rings. The minimum atomic E-state index is -0.359. The van der Waals surface area contributed by atoms with Crippen LogP contribution in [0.1, 0.15) is 32.0 Å². The van der Waals surface area contributed by atoms with Crippen LogP contribution in [0.4, 0.5) is 0 Å². The molecule has 0 aliphatic carbocycles. The van der Waals surface area contributed by atoms with E-state index in [1.54, 1.807) is 11.3 Å². The average Bonchev–Trinajstić information content (AvgIpc) is 3.31. The van der Waals surface area contributed by atoms with Crippen LogP contribution in [0.25, 0.3) is 10.7 Å². The lowest BCUT2D eigenvalue weighted by Crippen LogP contribution is -2.14. The van der Waals surface area contributed by atoms with E-state index in [2.05, 4.69) is 34.2 Å². The highest BCUT2D eigenvalue weighted by atomic mass is 32.2. The normalized spacial score (nSPS) is 11.3. The minimum absolute atomic E-state index is 0.225. The molecule has 0 saturated carbocycles. The zero-order chi connectivity index (χ0) is 18.5. The van der Waals surface area contributed by atoms with Crippen LogP contribution in [0.5, 0.6) is 0 Å². The van der Waals surface area contributed by atoms with Gasteiger partial charge in [-0.3, -0.25) is 4.79 Å². The number of hydrogen-bond acceptors (Lipinski definition) is 8. The number of carbonyl (C=O) groups is 1. The third kappa shape index (κ3) is 4.70. The Hall–Kier alpha value is -2.20. The summed E-state index contributed by atoms with van der Waals surface area (Å²) in [5.74, 6) is 2.59. The van der Waals surface area contributed by atoms with Crippen LogP contribution < -0.4 is 5.73 Å². The van der Waals surface area contributed by atoms with Crippen molar-refractivity contribution in [3.05, 3.63) is 29.2 Å². The SMILES string of the molecule is CC(C)Cc1noc(CSc2nnc(-c3cccs3)n2CCC(N)=O)n1. The molecule has 0 unspecified atom stereocenters. The monoisotopic (exact) mass is 392 g/mol. The molecule has 8 nitrogen and oxygen atoms in total. The van der Waals surface area contributed by atoms with Crippen molar-refractivity contribution >= 4 is 29.0 Å². The van der Waals surface area contributed by atoms with Crippen LogP contribution in [-0.2, 0) is 23.5 Å². The van der Waals surface area contributed by atoms with E-state index in [1.165, 1.54) is 11.8 Å². The van der Waals surface area contributed by atoms with Crippen LogP contribution >= 0.6 is 23.1 Å². The van der Waals surface area contributed by atoms with Gasteiger partial charge in [0.15, 0.2) is 16.8 Å². The van der Waals surface area contributed by atoms with Crippen LogP contribution in [0.15, 0.2) is 27.2 Å². The van der Waals surface area contributed by atoms with Gasteiger partial charge in [0.2, 0.25) is 11.8 Å². The van der Waals surface area contributed by atoms with E-state index in [1.807, 2.05) is 22.1 Å². The molecule has 3 rings (SSSR count). The fourth-order valence-electron chi connectivity index (χ4n) is 2.33. The summed E-state index contributed by atoms with van der Waals surface area (Å²) >= 11 is 3.02. The molecule has 2 N–H and O–H groups in total. The number of thiophene rings is 1. The van der Waals surface area contributed by atoms with E-state index in [4.69, 9.17) is 10.3 Å². The van der Waals surface area contributed by atoms with E-state index in [9.17, 15) is 4.79 Å². The first-order valence-electron chi connectivity index (χ1n) is 8.22. The molecule has 0 spiro atoms. The number of aromatic nitrogens is 5. The highest BCUT2D eigenvalue weighted by molar-refractivity contribution is 7.98. The molecule has 3 heterocycles. The Balaban J connectivity index is 1.74. The molecule has 0 bridgehead atoms. The van der Waals surface area contributed by atoms with Crippen molar-refractivity contribution in [3.63, 3.8) is 0 Å². The predicted molar refractivity (Wildman–Crippen MR) is 99.5 cm³/mol. The quantitative estimate of drug-likeness (QED) is 0.557. The topological polar surface area (TPSA) is 113 Å². The number of amides is 1. The van der Waals surface area contributed by atoms with Gasteiger partial charge in [-0.15, -0.1) is 21.5 Å². The molecule has 0 atom stereocenters. The molecule has 0 aliphatic heterocycles. The van der Waals surface area contributed by atoms with Crippen molar-refractivity contribution in [3.8, 4) is 10.7 Å². The van der Waals surface area contributed by atoms with Crippen molar-refractivity contribution < 1.29 is 9.32 Å². The standard InChI is InChI=1S/C16H20N6O2S2/c1-10(2)8-13-18-14(24-21-13)9-26-16-20-19-15(11-4-3-7-25-11)22(16)6-5-12(17)23/h3-4,7,10H,5-6,8-9H2,1-2H3,(H2,17,23). The Labute approximate surface area is 159 Å². The van der Waals surface area contributed by atoms with E-state index < -0.39 is 0 Å². The van der Waals surface area contributed by atoms with E-state index in [0.29, 0.717) is 35.1 Å². The Bertz CT molecular complexity index is 856. The fraction of sp³-hybridized carbons (Fsp3) is 0.438. The number of primary amides is 1. The Morgan fingerprint density at radius 2 is 2.27 bits per heavy atom. The first-order chi connectivity index (χ1) is 12.5. The van der Waals surface area contributed by atoms with Gasteiger partial charge in [-0.2, -0.15) is 4.98 Å². The first-order valence-corrected chi connectivity index (χ1v) is 10.1. The molecular weight excluding hydrogens is 372 g/mol. The van der Waals surface area contributed by atoms with Gasteiger partial charge in [0.05, 0.1) is 10.6 Å². The van der Waals surface area contributed by atoms with E-state index in [-0.39, 0.29) is 12.3 Å². The second-order valence-corrected chi connectivity index (χ2v) is 8.03. The highest BCUT2D eigenvalue weighted by Gasteiger charge is 2.17. The molecule has 1 amide bonds. The summed E-state index contributed by atoms with van der Waals surface area (Å²) in [7, 11) is 0. The molecule has 3 aromatic heterocycles. The van der Waals surface area contributed by atoms with Crippen LogP contribution in [0, 0.1) is 5.92 Å². The Morgan fingerprint density at radius 3 is 2.96 bits per heavy atom. The van der Waals surface area contributed by atoms with Crippen molar-refractivity contribution in [1.82, 2.24) is 24.9 Å². The van der Waals surface area contributed by atoms with Crippen LogP contribution in [0.2, 0.25) is 0 Å². The molecule has 10 heteroatoms. The molecule has 0 radical (unpaired) electrons. The molecule has 0 aliphatic rings.